The van der Waals surface area contributed by atoms with Gasteiger partial charge in [0.1, 0.15) is 11.9 Å². The highest BCUT2D eigenvalue weighted by molar-refractivity contribution is 7.89. The van der Waals surface area contributed by atoms with E-state index in [0.29, 0.717) is 19.3 Å². The number of ether oxygens (including phenoxy) is 1. The van der Waals surface area contributed by atoms with Crippen LogP contribution in [0.15, 0.2) is 59.5 Å². The first-order valence-corrected chi connectivity index (χ1v) is 18.2. The van der Waals surface area contributed by atoms with Crippen LogP contribution < -0.4 is 15.4 Å². The molecular weight excluding hydrogens is 621 g/mol. The maximum atomic E-state index is 13.6. The molecule has 0 saturated heterocycles. The second-order valence-corrected chi connectivity index (χ2v) is 16.1. The van der Waals surface area contributed by atoms with Crippen LogP contribution >= 0.6 is 0 Å². The summed E-state index contributed by atoms with van der Waals surface area (Å²) in [6, 6.07) is 11.8. The van der Waals surface area contributed by atoms with Gasteiger partial charge in [-0.15, -0.1) is 0 Å². The number of sulfonamides is 1. The summed E-state index contributed by atoms with van der Waals surface area (Å²) >= 11 is 0. The minimum Gasteiger partial charge on any atom is -0.391 e. The van der Waals surface area contributed by atoms with Crippen LogP contribution in [0, 0.1) is 17.7 Å². The summed E-state index contributed by atoms with van der Waals surface area (Å²) < 4.78 is 58.7. The van der Waals surface area contributed by atoms with Crippen LogP contribution in [-0.2, 0) is 41.6 Å². The molecule has 1 saturated carbocycles. The molecule has 45 heavy (non-hydrogen) atoms. The summed E-state index contributed by atoms with van der Waals surface area (Å²) in [5.74, 6) is -2.41. The predicted octanol–water partition coefficient (Wildman–Crippen LogP) is 2.68. The maximum Gasteiger partial charge on any atom is 0.239 e. The fraction of sp³-hybridized carbons (Fsp3) is 0.562. The average Bonchev–Trinajstić information content (AvgIpc) is 2.95. The van der Waals surface area contributed by atoms with Crippen molar-refractivity contribution in [1.29, 1.82) is 0 Å². The molecule has 0 bridgehead atoms. The lowest BCUT2D eigenvalue weighted by molar-refractivity contribution is -0.132. The van der Waals surface area contributed by atoms with E-state index in [1.54, 1.807) is 7.11 Å². The van der Waals surface area contributed by atoms with Gasteiger partial charge in [0.05, 0.1) is 41.1 Å². The molecule has 0 aliphatic heterocycles. The van der Waals surface area contributed by atoms with E-state index in [4.69, 9.17) is 4.74 Å². The first kappa shape index (κ1) is 36.8. The molecule has 1 aliphatic carbocycles. The van der Waals surface area contributed by atoms with Gasteiger partial charge in [0.2, 0.25) is 21.8 Å². The normalized spacial score (nSPS) is 21.7. The lowest BCUT2D eigenvalue weighted by atomic mass is 9.73. The number of halogens is 1. The average molecular weight is 668 g/mol. The van der Waals surface area contributed by atoms with Crippen molar-refractivity contribution in [3.63, 3.8) is 0 Å². The van der Waals surface area contributed by atoms with Gasteiger partial charge in [-0.3, -0.25) is 13.8 Å². The Bertz CT molecular complexity index is 1400. The molecule has 4 unspecified atom stereocenters. The molecule has 0 aromatic heterocycles. The zero-order valence-electron chi connectivity index (χ0n) is 26.5. The zero-order chi connectivity index (χ0) is 33.4. The van der Waals surface area contributed by atoms with Gasteiger partial charge in [0.25, 0.3) is 0 Å². The molecule has 1 fully saturated rings. The number of rotatable bonds is 14. The molecule has 3 rings (SSSR count). The highest BCUT2D eigenvalue weighted by Crippen LogP contribution is 2.36. The van der Waals surface area contributed by atoms with Gasteiger partial charge in [-0.25, -0.2) is 17.5 Å². The van der Waals surface area contributed by atoms with E-state index in [2.05, 4.69) is 15.4 Å². The Hall–Kier alpha value is -2.71. The van der Waals surface area contributed by atoms with Gasteiger partial charge in [-0.2, -0.15) is 0 Å². The third-order valence-electron chi connectivity index (χ3n) is 7.80. The molecular formula is C32H46FN3O7S2. The lowest BCUT2D eigenvalue weighted by Crippen LogP contribution is -2.55. The fourth-order valence-corrected chi connectivity index (χ4v) is 7.65. The molecule has 2 aromatic rings. The van der Waals surface area contributed by atoms with E-state index >= 15 is 0 Å². The smallest absolute Gasteiger partial charge is 0.239 e. The number of aliphatic hydroxyl groups excluding tert-OH is 1. The molecule has 4 N–H and O–H groups in total. The summed E-state index contributed by atoms with van der Waals surface area (Å²) in [6.45, 7) is 5.72. The van der Waals surface area contributed by atoms with Crippen LogP contribution in [0.3, 0.4) is 0 Å². The number of carbonyl (C=O) groups excluding carboxylic acids is 2. The van der Waals surface area contributed by atoms with E-state index < -0.39 is 62.0 Å². The Labute approximate surface area is 268 Å². The monoisotopic (exact) mass is 667 g/mol. The SMILES string of the molecule is COC1CCC(C(=O)NC(C)(C)C)C(C[C@@H](O)[C@H](Cc2ccccc2)NC(=O)[C@@H](CS(=O)c2ccc(F)cc2)NS(C)(=O)=O)C1. The first-order valence-electron chi connectivity index (χ1n) is 15.0. The number of carbonyl (C=O) groups is 2. The zero-order valence-corrected chi connectivity index (χ0v) is 28.1. The summed E-state index contributed by atoms with van der Waals surface area (Å²) in [4.78, 5) is 27.2. The van der Waals surface area contributed by atoms with Gasteiger partial charge in [-0.1, -0.05) is 30.3 Å². The predicted molar refractivity (Wildman–Crippen MR) is 172 cm³/mol. The molecule has 0 heterocycles. The Kier molecular flexibility index (Phi) is 13.2. The highest BCUT2D eigenvalue weighted by Gasteiger charge is 2.39. The highest BCUT2D eigenvalue weighted by atomic mass is 32.2. The first-order chi connectivity index (χ1) is 21.0. The molecule has 1 aliphatic rings. The van der Waals surface area contributed by atoms with Crippen molar-refractivity contribution >= 4 is 32.6 Å². The van der Waals surface area contributed by atoms with Gasteiger partial charge in [0.15, 0.2) is 0 Å². The maximum absolute atomic E-state index is 13.6. The van der Waals surface area contributed by atoms with Gasteiger partial charge >= 0.3 is 0 Å². The van der Waals surface area contributed by atoms with E-state index in [1.165, 1.54) is 12.1 Å². The fourth-order valence-electron chi connectivity index (χ4n) is 5.67. The van der Waals surface area contributed by atoms with Crippen molar-refractivity contribution < 1.29 is 36.4 Å². The van der Waals surface area contributed by atoms with Gasteiger partial charge < -0.3 is 20.5 Å². The van der Waals surface area contributed by atoms with Crippen LogP contribution in [0.4, 0.5) is 4.39 Å². The molecule has 250 valence electrons. The molecule has 2 amide bonds. The number of nitrogens with one attached hydrogen (secondary N) is 3. The second kappa shape index (κ2) is 16.2. The summed E-state index contributed by atoms with van der Waals surface area (Å²) in [6.07, 6.45) is 1.96. The Balaban J connectivity index is 1.86. The van der Waals surface area contributed by atoms with Crippen molar-refractivity contribution in [2.45, 2.75) is 87.6 Å². The number of methoxy groups -OCH3 is 1. The van der Waals surface area contributed by atoms with Crippen molar-refractivity contribution in [1.82, 2.24) is 15.4 Å². The van der Waals surface area contributed by atoms with Crippen LogP contribution in [0.25, 0.3) is 0 Å². The third kappa shape index (κ3) is 12.2. The van der Waals surface area contributed by atoms with E-state index in [0.717, 1.165) is 24.0 Å². The minimum absolute atomic E-state index is 0.0761. The number of amides is 2. The van der Waals surface area contributed by atoms with Crippen LogP contribution in [-0.4, -0.2) is 78.5 Å². The molecule has 7 atom stereocenters. The Morgan fingerprint density at radius 3 is 2.31 bits per heavy atom. The largest absolute Gasteiger partial charge is 0.391 e. The molecule has 0 spiro atoms. The molecule has 2 aromatic carbocycles. The topological polar surface area (TPSA) is 151 Å². The van der Waals surface area contributed by atoms with Crippen molar-refractivity contribution in [3.05, 3.63) is 66.0 Å². The Morgan fingerprint density at radius 1 is 1.09 bits per heavy atom. The summed E-state index contributed by atoms with van der Waals surface area (Å²) in [5, 5.41) is 17.5. The molecule has 13 heteroatoms. The Morgan fingerprint density at radius 2 is 1.73 bits per heavy atom. The third-order valence-corrected chi connectivity index (χ3v) is 9.95. The van der Waals surface area contributed by atoms with Crippen molar-refractivity contribution in [2.24, 2.45) is 11.8 Å². The number of aliphatic hydroxyl groups is 1. The van der Waals surface area contributed by atoms with E-state index in [-0.39, 0.29) is 41.6 Å². The standard InChI is InChI=1S/C32H46FN3O7S2/c1-32(2,3)35-30(38)26-16-13-24(43-4)18-22(26)19-29(37)27(17-21-9-7-6-8-10-21)34-31(39)28(36-45(5,41)42)20-44(40)25-14-11-23(33)12-15-25/h6-12,14-15,22,24,26-29,36-37H,13,16-20H2,1-5H3,(H,34,39)(H,35,38)/t22?,24?,26?,27-,28+,29+,44?/m0/s1. The molecule has 0 radical (unpaired) electrons. The van der Waals surface area contributed by atoms with Crippen molar-refractivity contribution in [3.8, 4) is 0 Å². The number of hydrogen-bond donors (Lipinski definition) is 4. The number of benzene rings is 2. The quantitative estimate of drug-likeness (QED) is 0.242. The van der Waals surface area contributed by atoms with Crippen LogP contribution in [0.1, 0.15) is 52.0 Å². The summed E-state index contributed by atoms with van der Waals surface area (Å²) in [5.41, 5.74) is 0.391. The van der Waals surface area contributed by atoms with Gasteiger partial charge in [0, 0.05) is 23.5 Å². The van der Waals surface area contributed by atoms with E-state index in [1.807, 2.05) is 51.1 Å². The second-order valence-electron chi connectivity index (χ2n) is 12.8. The minimum atomic E-state index is -3.91. The molecule has 10 nitrogen and oxygen atoms in total. The van der Waals surface area contributed by atoms with Crippen molar-refractivity contribution in [2.75, 3.05) is 19.1 Å². The number of hydrogen-bond acceptors (Lipinski definition) is 7. The van der Waals surface area contributed by atoms with Crippen LogP contribution in [0.2, 0.25) is 0 Å². The lowest BCUT2D eigenvalue weighted by Gasteiger charge is -2.38. The van der Waals surface area contributed by atoms with Crippen LogP contribution in [0.5, 0.6) is 0 Å². The summed E-state index contributed by atoms with van der Waals surface area (Å²) in [7, 11) is -4.13. The van der Waals surface area contributed by atoms with Gasteiger partial charge in [-0.05, 0) is 88.6 Å². The van der Waals surface area contributed by atoms with E-state index in [9.17, 15) is 31.7 Å².